The number of rotatable bonds is 1. The van der Waals surface area contributed by atoms with Gasteiger partial charge in [0.05, 0.1) is 0 Å². The molecule has 1 saturated heterocycles. The summed E-state index contributed by atoms with van der Waals surface area (Å²) in [5.74, 6) is 0. The molecule has 0 aromatic carbocycles. The van der Waals surface area contributed by atoms with Crippen molar-refractivity contribution in [2.24, 2.45) is 0 Å². The molecule has 0 saturated carbocycles. The van der Waals surface area contributed by atoms with E-state index in [1.807, 2.05) is 0 Å². The van der Waals surface area contributed by atoms with Crippen molar-refractivity contribution in [3.8, 4) is 0 Å². The van der Waals surface area contributed by atoms with Crippen LogP contribution in [0.2, 0.25) is 0 Å². The summed E-state index contributed by atoms with van der Waals surface area (Å²) in [4.78, 5) is 2.49. The Bertz CT molecular complexity index is 254. The average Bonchev–Trinajstić information content (AvgIpc) is 2.20. The Balaban J connectivity index is 2.00. The quantitative estimate of drug-likeness (QED) is 0.592. The maximum absolute atomic E-state index is 3.94. The normalized spacial score (nSPS) is 23.2. The minimum absolute atomic E-state index is 1.03. The van der Waals surface area contributed by atoms with Gasteiger partial charge in [-0.1, -0.05) is 24.3 Å². The lowest BCUT2D eigenvalue weighted by atomic mass is 10.0. The molecule has 1 heterocycles. The van der Waals surface area contributed by atoms with Crippen LogP contribution in [0.15, 0.2) is 36.1 Å². The van der Waals surface area contributed by atoms with E-state index in [1.165, 1.54) is 43.6 Å². The summed E-state index contributed by atoms with van der Waals surface area (Å²) in [6.45, 7) is 6.42. The first-order valence-electron chi connectivity index (χ1n) is 5.17. The van der Waals surface area contributed by atoms with Gasteiger partial charge in [0.25, 0.3) is 0 Å². The summed E-state index contributed by atoms with van der Waals surface area (Å²) in [7, 11) is 0. The van der Waals surface area contributed by atoms with Crippen LogP contribution in [0.3, 0.4) is 0 Å². The van der Waals surface area contributed by atoms with Gasteiger partial charge >= 0.3 is 0 Å². The first-order chi connectivity index (χ1) is 6.36. The van der Waals surface area contributed by atoms with Gasteiger partial charge in [-0.25, -0.2) is 0 Å². The Morgan fingerprint density at radius 1 is 1.08 bits per heavy atom. The third kappa shape index (κ3) is 2.03. The molecule has 2 aliphatic rings. The Labute approximate surface area is 80.4 Å². The van der Waals surface area contributed by atoms with Crippen LogP contribution in [-0.2, 0) is 0 Å². The highest BCUT2D eigenvalue weighted by atomic mass is 15.1. The Kier molecular flexibility index (Phi) is 2.53. The highest BCUT2D eigenvalue weighted by molar-refractivity contribution is 5.33. The molecule has 1 fully saturated rings. The van der Waals surface area contributed by atoms with Crippen LogP contribution in [0.1, 0.15) is 25.7 Å². The molecule has 0 aromatic rings. The topological polar surface area (TPSA) is 3.24 Å². The number of hydrogen-bond donors (Lipinski definition) is 0. The molecule has 13 heavy (non-hydrogen) atoms. The molecule has 0 atom stereocenters. The van der Waals surface area contributed by atoms with Crippen molar-refractivity contribution in [1.29, 1.82) is 0 Å². The lowest BCUT2D eigenvalue weighted by Gasteiger charge is -2.30. The van der Waals surface area contributed by atoms with Crippen LogP contribution in [0.5, 0.6) is 0 Å². The van der Waals surface area contributed by atoms with Gasteiger partial charge < -0.3 is 4.90 Å². The molecule has 0 aromatic heterocycles. The number of allylic oxidation sites excluding steroid dienone is 4. The standard InChI is InChI=1S/C12H17N/c1-11-5-7-12(8-6-11)13-9-3-2-4-10-13/h5,7-8H,1-4,6,9-10H2. The van der Waals surface area contributed by atoms with Crippen LogP contribution in [-0.4, -0.2) is 18.0 Å². The zero-order valence-corrected chi connectivity index (χ0v) is 8.13. The van der Waals surface area contributed by atoms with Gasteiger partial charge in [-0.15, -0.1) is 0 Å². The zero-order valence-electron chi connectivity index (χ0n) is 8.13. The second kappa shape index (κ2) is 3.82. The van der Waals surface area contributed by atoms with Crippen molar-refractivity contribution in [2.45, 2.75) is 25.7 Å². The van der Waals surface area contributed by atoms with Crippen LogP contribution in [0.25, 0.3) is 0 Å². The molecule has 1 heteroatoms. The summed E-state index contributed by atoms with van der Waals surface area (Å²) < 4.78 is 0. The number of hydrogen-bond acceptors (Lipinski definition) is 1. The minimum Gasteiger partial charge on any atom is -0.372 e. The molecule has 0 spiro atoms. The van der Waals surface area contributed by atoms with Crippen molar-refractivity contribution in [3.63, 3.8) is 0 Å². The molecule has 2 rings (SSSR count). The van der Waals surface area contributed by atoms with E-state index in [2.05, 4.69) is 29.7 Å². The molecule has 1 aliphatic carbocycles. The minimum atomic E-state index is 1.03. The largest absolute Gasteiger partial charge is 0.372 e. The number of piperidine rings is 1. The Morgan fingerprint density at radius 2 is 1.85 bits per heavy atom. The third-order valence-corrected chi connectivity index (χ3v) is 2.78. The Morgan fingerprint density at radius 3 is 2.46 bits per heavy atom. The molecule has 70 valence electrons. The smallest absolute Gasteiger partial charge is 0.0329 e. The van der Waals surface area contributed by atoms with Crippen molar-refractivity contribution in [1.82, 2.24) is 4.90 Å². The van der Waals surface area contributed by atoms with Crippen molar-refractivity contribution >= 4 is 0 Å². The highest BCUT2D eigenvalue weighted by Gasteiger charge is 2.12. The van der Waals surface area contributed by atoms with E-state index >= 15 is 0 Å². The Hall–Kier alpha value is -0.980. The van der Waals surface area contributed by atoms with Crippen LogP contribution in [0, 0.1) is 0 Å². The van der Waals surface area contributed by atoms with E-state index in [1.54, 1.807) is 0 Å². The summed E-state index contributed by atoms with van der Waals surface area (Å²) in [6, 6.07) is 0. The summed E-state index contributed by atoms with van der Waals surface area (Å²) >= 11 is 0. The average molecular weight is 175 g/mol. The second-order valence-corrected chi connectivity index (χ2v) is 3.87. The van der Waals surface area contributed by atoms with E-state index in [-0.39, 0.29) is 0 Å². The number of nitrogens with zero attached hydrogens (tertiary/aromatic N) is 1. The first kappa shape index (κ1) is 8.61. The number of likely N-dealkylation sites (tertiary alicyclic amines) is 1. The first-order valence-corrected chi connectivity index (χ1v) is 5.17. The van der Waals surface area contributed by atoms with Gasteiger partial charge in [0.1, 0.15) is 0 Å². The van der Waals surface area contributed by atoms with Crippen LogP contribution in [0.4, 0.5) is 0 Å². The van der Waals surface area contributed by atoms with Crippen LogP contribution < -0.4 is 0 Å². The second-order valence-electron chi connectivity index (χ2n) is 3.87. The molecular weight excluding hydrogens is 158 g/mol. The van der Waals surface area contributed by atoms with E-state index in [9.17, 15) is 0 Å². The summed E-state index contributed by atoms with van der Waals surface area (Å²) in [5, 5.41) is 0. The van der Waals surface area contributed by atoms with Crippen molar-refractivity contribution < 1.29 is 0 Å². The molecule has 0 amide bonds. The van der Waals surface area contributed by atoms with Crippen molar-refractivity contribution in [3.05, 3.63) is 36.1 Å². The van der Waals surface area contributed by atoms with Gasteiger partial charge in [0, 0.05) is 18.8 Å². The predicted molar refractivity (Wildman–Crippen MR) is 56.4 cm³/mol. The fraction of sp³-hybridized carbons (Fsp3) is 0.500. The van der Waals surface area contributed by atoms with E-state index < -0.39 is 0 Å². The maximum atomic E-state index is 3.94. The van der Waals surface area contributed by atoms with E-state index in [0.29, 0.717) is 0 Å². The fourth-order valence-electron chi connectivity index (χ4n) is 1.96. The van der Waals surface area contributed by atoms with Crippen molar-refractivity contribution in [2.75, 3.05) is 13.1 Å². The zero-order chi connectivity index (χ0) is 9.10. The molecule has 1 aliphatic heterocycles. The van der Waals surface area contributed by atoms with Gasteiger partial charge in [0.2, 0.25) is 0 Å². The van der Waals surface area contributed by atoms with Gasteiger partial charge in [0.15, 0.2) is 0 Å². The lowest BCUT2D eigenvalue weighted by molar-refractivity contribution is 0.292. The van der Waals surface area contributed by atoms with Gasteiger partial charge in [-0.05, 0) is 31.8 Å². The third-order valence-electron chi connectivity index (χ3n) is 2.78. The lowest BCUT2D eigenvalue weighted by Crippen LogP contribution is -2.28. The molecular formula is C12H17N. The summed E-state index contributed by atoms with van der Waals surface area (Å²) in [6.07, 6.45) is 11.8. The van der Waals surface area contributed by atoms with E-state index in [4.69, 9.17) is 0 Å². The SMILES string of the molecule is C=C1C=CC(N2CCCCC2)=CC1. The van der Waals surface area contributed by atoms with Gasteiger partial charge in [-0.3, -0.25) is 0 Å². The van der Waals surface area contributed by atoms with E-state index in [0.717, 1.165) is 6.42 Å². The molecule has 0 bridgehead atoms. The molecule has 0 radical (unpaired) electrons. The fourth-order valence-corrected chi connectivity index (χ4v) is 1.96. The molecule has 1 nitrogen and oxygen atoms in total. The molecule has 0 unspecified atom stereocenters. The predicted octanol–water partition coefficient (Wildman–Crippen LogP) is 2.87. The molecule has 0 N–H and O–H groups in total. The van der Waals surface area contributed by atoms with Gasteiger partial charge in [-0.2, -0.15) is 0 Å². The maximum Gasteiger partial charge on any atom is 0.0329 e. The van der Waals surface area contributed by atoms with Crippen LogP contribution >= 0.6 is 0 Å². The monoisotopic (exact) mass is 175 g/mol. The highest BCUT2D eigenvalue weighted by Crippen LogP contribution is 2.20. The summed E-state index contributed by atoms with van der Waals surface area (Å²) in [5.41, 5.74) is 2.63.